The molecule has 0 bridgehead atoms. The molecule has 2 rings (SSSR count). The largest absolute Gasteiger partial charge is 0.352 e. The van der Waals surface area contributed by atoms with E-state index in [4.69, 9.17) is 0 Å². The van der Waals surface area contributed by atoms with Gasteiger partial charge in [-0.15, -0.1) is 0 Å². The van der Waals surface area contributed by atoms with E-state index in [0.717, 1.165) is 12.8 Å². The minimum absolute atomic E-state index is 0.0984. The van der Waals surface area contributed by atoms with Gasteiger partial charge in [-0.1, -0.05) is 43.3 Å². The molecule has 0 unspecified atom stereocenters. The standard InChI is InChI=1S/C18H22N2O3S/c1-2-20-24(22,23)17-12-6-11-16(14-17)18(21)19-13-7-10-15-8-4-3-5-9-15/h3-6,8-9,11-12,14,20H,2,7,10,13H2,1H3,(H,19,21). The summed E-state index contributed by atoms with van der Waals surface area (Å²) in [6.45, 7) is 2.55. The SMILES string of the molecule is CCNS(=O)(=O)c1cccc(C(=O)NCCCc2ccccc2)c1. The predicted octanol–water partition coefficient (Wildman–Crippen LogP) is 2.35. The quantitative estimate of drug-likeness (QED) is 0.721. The molecule has 0 spiro atoms. The summed E-state index contributed by atoms with van der Waals surface area (Å²) in [6.07, 6.45) is 1.71. The summed E-state index contributed by atoms with van der Waals surface area (Å²) in [6, 6.07) is 16.1. The maximum atomic E-state index is 12.2. The maximum Gasteiger partial charge on any atom is 0.251 e. The fraction of sp³-hybridized carbons (Fsp3) is 0.278. The zero-order valence-electron chi connectivity index (χ0n) is 13.7. The molecule has 128 valence electrons. The Morgan fingerprint density at radius 1 is 1.04 bits per heavy atom. The van der Waals surface area contributed by atoms with E-state index in [1.807, 2.05) is 18.2 Å². The molecule has 2 N–H and O–H groups in total. The molecule has 24 heavy (non-hydrogen) atoms. The fourth-order valence-electron chi connectivity index (χ4n) is 2.32. The molecule has 5 nitrogen and oxygen atoms in total. The van der Waals surface area contributed by atoms with E-state index in [-0.39, 0.29) is 10.8 Å². The van der Waals surface area contributed by atoms with Crippen molar-refractivity contribution in [1.29, 1.82) is 0 Å². The molecule has 0 heterocycles. The number of sulfonamides is 1. The third-order valence-corrected chi connectivity index (χ3v) is 5.05. The first-order valence-corrected chi connectivity index (χ1v) is 9.43. The molecule has 0 aliphatic carbocycles. The summed E-state index contributed by atoms with van der Waals surface area (Å²) in [5.74, 6) is -0.267. The molecule has 1 amide bonds. The molecule has 0 radical (unpaired) electrons. The van der Waals surface area contributed by atoms with Gasteiger partial charge in [0.15, 0.2) is 0 Å². The van der Waals surface area contributed by atoms with Crippen molar-refractivity contribution in [3.63, 3.8) is 0 Å². The van der Waals surface area contributed by atoms with Gasteiger partial charge in [0.25, 0.3) is 5.91 Å². The van der Waals surface area contributed by atoms with Crippen LogP contribution >= 0.6 is 0 Å². The smallest absolute Gasteiger partial charge is 0.251 e. The van der Waals surface area contributed by atoms with Crippen LogP contribution in [0.25, 0.3) is 0 Å². The second-order valence-corrected chi connectivity index (χ2v) is 7.14. The molecule has 2 aromatic rings. The lowest BCUT2D eigenvalue weighted by atomic mass is 10.1. The van der Waals surface area contributed by atoms with E-state index < -0.39 is 10.0 Å². The highest BCUT2D eigenvalue weighted by molar-refractivity contribution is 7.89. The van der Waals surface area contributed by atoms with Gasteiger partial charge in [-0.2, -0.15) is 0 Å². The Morgan fingerprint density at radius 2 is 1.79 bits per heavy atom. The number of rotatable bonds is 8. The lowest BCUT2D eigenvalue weighted by molar-refractivity contribution is 0.0953. The van der Waals surface area contributed by atoms with Crippen LogP contribution < -0.4 is 10.0 Å². The third-order valence-electron chi connectivity index (χ3n) is 3.51. The number of carbonyl (C=O) groups excluding carboxylic acids is 1. The minimum atomic E-state index is -3.56. The minimum Gasteiger partial charge on any atom is -0.352 e. The van der Waals surface area contributed by atoms with Gasteiger partial charge in [0.05, 0.1) is 4.90 Å². The summed E-state index contributed by atoms with van der Waals surface area (Å²) in [5.41, 5.74) is 1.57. The number of aryl methyl sites for hydroxylation is 1. The number of benzene rings is 2. The molecule has 0 aliphatic rings. The summed E-state index contributed by atoms with van der Waals surface area (Å²) in [5, 5.41) is 2.83. The zero-order valence-corrected chi connectivity index (χ0v) is 14.5. The predicted molar refractivity (Wildman–Crippen MR) is 94.4 cm³/mol. The van der Waals surface area contributed by atoms with E-state index in [0.29, 0.717) is 18.7 Å². The number of hydrogen-bond acceptors (Lipinski definition) is 3. The zero-order chi connectivity index (χ0) is 17.4. The molecule has 2 aromatic carbocycles. The van der Waals surface area contributed by atoms with Crippen LogP contribution in [0.15, 0.2) is 59.5 Å². The van der Waals surface area contributed by atoms with Crippen molar-refractivity contribution >= 4 is 15.9 Å². The van der Waals surface area contributed by atoms with Gasteiger partial charge < -0.3 is 5.32 Å². The molecular formula is C18H22N2O3S. The highest BCUT2D eigenvalue weighted by Crippen LogP contribution is 2.11. The third kappa shape index (κ3) is 5.18. The lowest BCUT2D eigenvalue weighted by Crippen LogP contribution is -2.26. The Bertz CT molecular complexity index is 774. The van der Waals surface area contributed by atoms with Crippen molar-refractivity contribution in [2.45, 2.75) is 24.7 Å². The van der Waals surface area contributed by atoms with E-state index in [1.165, 1.54) is 17.7 Å². The number of nitrogens with one attached hydrogen (secondary N) is 2. The van der Waals surface area contributed by atoms with Crippen LogP contribution in [0, 0.1) is 0 Å². The second-order valence-electron chi connectivity index (χ2n) is 5.37. The summed E-state index contributed by atoms with van der Waals surface area (Å²) in [7, 11) is -3.56. The molecule has 0 atom stereocenters. The summed E-state index contributed by atoms with van der Waals surface area (Å²) < 4.78 is 26.4. The first-order chi connectivity index (χ1) is 11.5. The number of carbonyl (C=O) groups is 1. The molecule has 0 saturated carbocycles. The maximum absolute atomic E-state index is 12.2. The highest BCUT2D eigenvalue weighted by Gasteiger charge is 2.14. The van der Waals surface area contributed by atoms with Gasteiger partial charge in [0.2, 0.25) is 10.0 Å². The van der Waals surface area contributed by atoms with Crippen molar-refractivity contribution in [2.24, 2.45) is 0 Å². The average Bonchev–Trinajstić information content (AvgIpc) is 2.59. The van der Waals surface area contributed by atoms with E-state index in [9.17, 15) is 13.2 Å². The molecule has 6 heteroatoms. The van der Waals surface area contributed by atoms with Crippen LogP contribution in [0.4, 0.5) is 0 Å². The van der Waals surface area contributed by atoms with Crippen molar-refractivity contribution < 1.29 is 13.2 Å². The monoisotopic (exact) mass is 346 g/mol. The van der Waals surface area contributed by atoms with Gasteiger partial charge in [-0.3, -0.25) is 4.79 Å². The topological polar surface area (TPSA) is 75.3 Å². The Morgan fingerprint density at radius 3 is 2.50 bits per heavy atom. The Kier molecular flexibility index (Phi) is 6.52. The fourth-order valence-corrected chi connectivity index (χ4v) is 3.41. The molecule has 0 fully saturated rings. The molecular weight excluding hydrogens is 324 g/mol. The Balaban J connectivity index is 1.91. The van der Waals surface area contributed by atoms with E-state index in [2.05, 4.69) is 22.2 Å². The molecule has 0 aliphatic heterocycles. The van der Waals surface area contributed by atoms with Crippen molar-refractivity contribution in [1.82, 2.24) is 10.0 Å². The lowest BCUT2D eigenvalue weighted by Gasteiger charge is -2.08. The van der Waals surface area contributed by atoms with E-state index >= 15 is 0 Å². The van der Waals surface area contributed by atoms with Gasteiger partial charge in [0, 0.05) is 18.7 Å². The van der Waals surface area contributed by atoms with Crippen LogP contribution in [0.1, 0.15) is 29.3 Å². The van der Waals surface area contributed by atoms with Crippen LogP contribution in [-0.2, 0) is 16.4 Å². The van der Waals surface area contributed by atoms with Gasteiger partial charge in [0.1, 0.15) is 0 Å². The second kappa shape index (κ2) is 8.61. The normalized spacial score (nSPS) is 11.2. The molecule has 0 aromatic heterocycles. The van der Waals surface area contributed by atoms with E-state index in [1.54, 1.807) is 19.1 Å². The Labute approximate surface area is 143 Å². The van der Waals surface area contributed by atoms with Gasteiger partial charge in [-0.25, -0.2) is 13.1 Å². The van der Waals surface area contributed by atoms with Crippen LogP contribution in [0.5, 0.6) is 0 Å². The van der Waals surface area contributed by atoms with Crippen LogP contribution in [-0.4, -0.2) is 27.4 Å². The first kappa shape index (κ1) is 18.2. The Hall–Kier alpha value is -2.18. The van der Waals surface area contributed by atoms with Crippen LogP contribution in [0.3, 0.4) is 0 Å². The van der Waals surface area contributed by atoms with Crippen molar-refractivity contribution in [2.75, 3.05) is 13.1 Å². The van der Waals surface area contributed by atoms with Crippen LogP contribution in [0.2, 0.25) is 0 Å². The number of amides is 1. The highest BCUT2D eigenvalue weighted by atomic mass is 32.2. The van der Waals surface area contributed by atoms with Gasteiger partial charge in [-0.05, 0) is 36.6 Å². The number of hydrogen-bond donors (Lipinski definition) is 2. The van der Waals surface area contributed by atoms with Gasteiger partial charge >= 0.3 is 0 Å². The van der Waals surface area contributed by atoms with Crippen molar-refractivity contribution in [3.05, 3.63) is 65.7 Å². The first-order valence-electron chi connectivity index (χ1n) is 7.95. The molecule has 0 saturated heterocycles. The summed E-state index contributed by atoms with van der Waals surface area (Å²) >= 11 is 0. The summed E-state index contributed by atoms with van der Waals surface area (Å²) in [4.78, 5) is 12.3. The average molecular weight is 346 g/mol. The van der Waals surface area contributed by atoms with Crippen molar-refractivity contribution in [3.8, 4) is 0 Å².